The molecule has 1 aliphatic rings. The Labute approximate surface area is 162 Å². The van der Waals surface area contributed by atoms with Crippen LogP contribution in [-0.2, 0) is 4.79 Å². The maximum absolute atomic E-state index is 12.7. The lowest BCUT2D eigenvalue weighted by atomic mass is 10.1. The third-order valence-corrected chi connectivity index (χ3v) is 4.86. The van der Waals surface area contributed by atoms with Gasteiger partial charge in [0.1, 0.15) is 11.6 Å². The highest BCUT2D eigenvalue weighted by atomic mass is 35.5. The number of nitriles is 1. The number of piperazine rings is 1. The summed E-state index contributed by atoms with van der Waals surface area (Å²) < 4.78 is 0. The van der Waals surface area contributed by atoms with E-state index in [9.17, 15) is 10.1 Å². The molecule has 0 saturated carbocycles. The molecule has 132 valence electrons. The first-order valence-corrected chi connectivity index (χ1v) is 9.00. The molecule has 1 amide bonds. The van der Waals surface area contributed by atoms with Gasteiger partial charge in [-0.15, -0.1) is 0 Å². The molecule has 0 N–H and O–H groups in total. The quantitative estimate of drug-likeness (QED) is 0.585. The highest BCUT2D eigenvalue weighted by Gasteiger charge is 2.24. The van der Waals surface area contributed by atoms with Crippen molar-refractivity contribution in [2.75, 3.05) is 31.1 Å². The number of para-hydroxylation sites is 1. The zero-order chi connectivity index (χ0) is 18.5. The van der Waals surface area contributed by atoms with E-state index in [1.54, 1.807) is 23.1 Å². The van der Waals surface area contributed by atoms with E-state index in [4.69, 9.17) is 23.2 Å². The summed E-state index contributed by atoms with van der Waals surface area (Å²) in [5, 5.41) is 10.3. The fraction of sp³-hybridized carbons (Fsp3) is 0.200. The first-order chi connectivity index (χ1) is 12.6. The van der Waals surface area contributed by atoms with Gasteiger partial charge in [0.15, 0.2) is 0 Å². The minimum absolute atomic E-state index is 0.0717. The van der Waals surface area contributed by atoms with Crippen molar-refractivity contribution in [3.63, 3.8) is 0 Å². The summed E-state index contributed by atoms with van der Waals surface area (Å²) in [5.74, 6) is -0.272. The molecule has 26 heavy (non-hydrogen) atoms. The predicted molar refractivity (Wildman–Crippen MR) is 105 cm³/mol. The second-order valence-electron chi connectivity index (χ2n) is 5.95. The lowest BCUT2D eigenvalue weighted by Gasteiger charge is -2.36. The Balaban J connectivity index is 1.70. The molecule has 0 aliphatic carbocycles. The van der Waals surface area contributed by atoms with Crippen molar-refractivity contribution in [1.29, 1.82) is 5.26 Å². The van der Waals surface area contributed by atoms with Gasteiger partial charge in [-0.05, 0) is 35.9 Å². The zero-order valence-corrected chi connectivity index (χ0v) is 15.5. The molecule has 1 saturated heterocycles. The Bertz CT molecular complexity index is 866. The van der Waals surface area contributed by atoms with E-state index >= 15 is 0 Å². The number of hydrogen-bond acceptors (Lipinski definition) is 3. The standard InChI is InChI=1S/C20H17Cl2N3O/c21-17-7-6-15(19(22)13-17)12-16(14-23)20(26)25-10-8-24(9-11-25)18-4-2-1-3-5-18/h1-7,12-13H,8-11H2/b16-12-. The molecule has 0 atom stereocenters. The molecule has 0 bridgehead atoms. The number of amides is 1. The monoisotopic (exact) mass is 385 g/mol. The van der Waals surface area contributed by atoms with Crippen LogP contribution in [0.25, 0.3) is 6.08 Å². The van der Waals surface area contributed by atoms with Crippen LogP contribution in [0.15, 0.2) is 54.1 Å². The second-order valence-corrected chi connectivity index (χ2v) is 6.79. The van der Waals surface area contributed by atoms with Crippen molar-refractivity contribution in [2.45, 2.75) is 0 Å². The SMILES string of the molecule is N#C/C(=C/c1ccc(Cl)cc1Cl)C(=O)N1CCN(c2ccccc2)CC1. The fourth-order valence-corrected chi connectivity index (χ4v) is 3.36. The lowest BCUT2D eigenvalue weighted by Crippen LogP contribution is -2.49. The van der Waals surface area contributed by atoms with Gasteiger partial charge in [0, 0.05) is 41.9 Å². The van der Waals surface area contributed by atoms with Gasteiger partial charge in [0.25, 0.3) is 5.91 Å². The van der Waals surface area contributed by atoms with Gasteiger partial charge in [-0.1, -0.05) is 47.5 Å². The van der Waals surface area contributed by atoms with Crippen molar-refractivity contribution in [3.8, 4) is 6.07 Å². The third kappa shape index (κ3) is 4.19. The molecule has 1 aliphatic heterocycles. The first-order valence-electron chi connectivity index (χ1n) is 8.24. The summed E-state index contributed by atoms with van der Waals surface area (Å²) in [6.45, 7) is 2.61. The highest BCUT2D eigenvalue weighted by Crippen LogP contribution is 2.24. The summed E-state index contributed by atoms with van der Waals surface area (Å²) in [5.41, 5.74) is 1.81. The van der Waals surface area contributed by atoms with E-state index in [0.29, 0.717) is 28.7 Å². The van der Waals surface area contributed by atoms with Crippen LogP contribution in [0.2, 0.25) is 10.0 Å². The van der Waals surface area contributed by atoms with Crippen LogP contribution < -0.4 is 4.90 Å². The van der Waals surface area contributed by atoms with Crippen molar-refractivity contribution in [1.82, 2.24) is 4.90 Å². The van der Waals surface area contributed by atoms with Gasteiger partial charge in [-0.3, -0.25) is 4.79 Å². The molecule has 0 radical (unpaired) electrons. The van der Waals surface area contributed by atoms with Gasteiger partial charge in [0.05, 0.1) is 0 Å². The molecule has 0 unspecified atom stereocenters. The summed E-state index contributed by atoms with van der Waals surface area (Å²) in [7, 11) is 0. The van der Waals surface area contributed by atoms with E-state index in [1.807, 2.05) is 24.3 Å². The van der Waals surface area contributed by atoms with Gasteiger partial charge in [0.2, 0.25) is 0 Å². The molecule has 0 aromatic heterocycles. The Morgan fingerprint density at radius 1 is 1.04 bits per heavy atom. The van der Waals surface area contributed by atoms with E-state index in [1.165, 1.54) is 6.08 Å². The van der Waals surface area contributed by atoms with Gasteiger partial charge < -0.3 is 9.80 Å². The molecule has 2 aromatic carbocycles. The van der Waals surface area contributed by atoms with Crippen LogP contribution in [0.5, 0.6) is 0 Å². The molecule has 1 heterocycles. The van der Waals surface area contributed by atoms with Crippen LogP contribution in [0.3, 0.4) is 0 Å². The summed E-state index contributed by atoms with van der Waals surface area (Å²) in [6.07, 6.45) is 1.52. The summed E-state index contributed by atoms with van der Waals surface area (Å²) in [4.78, 5) is 16.6. The minimum atomic E-state index is -0.272. The molecular weight excluding hydrogens is 369 g/mol. The van der Waals surface area contributed by atoms with Crippen molar-refractivity contribution in [3.05, 3.63) is 69.7 Å². The first kappa shape index (κ1) is 18.3. The smallest absolute Gasteiger partial charge is 0.264 e. The van der Waals surface area contributed by atoms with Crippen molar-refractivity contribution >= 4 is 40.9 Å². The normalized spacial score (nSPS) is 14.9. The average Bonchev–Trinajstić information content (AvgIpc) is 2.68. The minimum Gasteiger partial charge on any atom is -0.368 e. The van der Waals surface area contributed by atoms with Crippen LogP contribution in [0.4, 0.5) is 5.69 Å². The topological polar surface area (TPSA) is 47.3 Å². The molecule has 4 nitrogen and oxygen atoms in total. The zero-order valence-electron chi connectivity index (χ0n) is 14.0. The van der Waals surface area contributed by atoms with E-state index in [0.717, 1.165) is 18.8 Å². The number of benzene rings is 2. The Hall–Kier alpha value is -2.48. The van der Waals surface area contributed by atoms with Crippen LogP contribution in [-0.4, -0.2) is 37.0 Å². The van der Waals surface area contributed by atoms with Gasteiger partial charge in [-0.25, -0.2) is 0 Å². The van der Waals surface area contributed by atoms with Gasteiger partial charge in [-0.2, -0.15) is 5.26 Å². The molecular formula is C20H17Cl2N3O. The molecule has 0 spiro atoms. The fourth-order valence-electron chi connectivity index (χ4n) is 2.89. The lowest BCUT2D eigenvalue weighted by molar-refractivity contribution is -0.126. The number of carbonyl (C=O) groups excluding carboxylic acids is 1. The summed E-state index contributed by atoms with van der Waals surface area (Å²) in [6, 6.07) is 17.1. The molecule has 3 rings (SSSR count). The maximum atomic E-state index is 12.7. The molecule has 2 aromatic rings. The highest BCUT2D eigenvalue weighted by molar-refractivity contribution is 6.35. The number of anilines is 1. The molecule has 6 heteroatoms. The average molecular weight is 386 g/mol. The number of rotatable bonds is 3. The number of halogens is 2. The van der Waals surface area contributed by atoms with Crippen molar-refractivity contribution in [2.24, 2.45) is 0 Å². The van der Waals surface area contributed by atoms with E-state index in [2.05, 4.69) is 17.0 Å². The van der Waals surface area contributed by atoms with E-state index < -0.39 is 0 Å². The second kappa shape index (κ2) is 8.27. The van der Waals surface area contributed by atoms with Crippen LogP contribution in [0.1, 0.15) is 5.56 Å². The van der Waals surface area contributed by atoms with Crippen LogP contribution in [0, 0.1) is 11.3 Å². The summed E-state index contributed by atoms with van der Waals surface area (Å²) >= 11 is 12.0. The van der Waals surface area contributed by atoms with Crippen molar-refractivity contribution < 1.29 is 4.79 Å². The van der Waals surface area contributed by atoms with E-state index in [-0.39, 0.29) is 11.5 Å². The number of nitrogens with zero attached hydrogens (tertiary/aromatic N) is 3. The Kier molecular flexibility index (Phi) is 5.82. The number of carbonyl (C=O) groups is 1. The molecule has 1 fully saturated rings. The number of hydrogen-bond donors (Lipinski definition) is 0. The predicted octanol–water partition coefficient (Wildman–Crippen LogP) is 4.25. The third-order valence-electron chi connectivity index (χ3n) is 4.30. The van der Waals surface area contributed by atoms with Crippen LogP contribution >= 0.6 is 23.2 Å². The largest absolute Gasteiger partial charge is 0.368 e. The Morgan fingerprint density at radius 2 is 1.73 bits per heavy atom. The van der Waals surface area contributed by atoms with Gasteiger partial charge >= 0.3 is 0 Å². The Morgan fingerprint density at radius 3 is 2.35 bits per heavy atom. The maximum Gasteiger partial charge on any atom is 0.264 e.